The fraction of sp³-hybridized carbons (Fsp3) is 0.294. The smallest absolute Gasteiger partial charge is 0.259 e. The molecule has 2 N–H and O–H groups in total. The Bertz CT molecular complexity index is 871. The van der Waals surface area contributed by atoms with Gasteiger partial charge in [-0.2, -0.15) is 0 Å². The van der Waals surface area contributed by atoms with Gasteiger partial charge in [-0.05, 0) is 31.5 Å². The summed E-state index contributed by atoms with van der Waals surface area (Å²) in [5.41, 5.74) is 1.90. The van der Waals surface area contributed by atoms with E-state index in [0.717, 1.165) is 21.0 Å². The van der Waals surface area contributed by atoms with Crippen LogP contribution < -0.4 is 10.5 Å². The maximum atomic E-state index is 12.4. The van der Waals surface area contributed by atoms with Crippen LogP contribution in [-0.2, 0) is 6.54 Å². The van der Waals surface area contributed by atoms with Crippen LogP contribution in [0.2, 0.25) is 0 Å². The van der Waals surface area contributed by atoms with Gasteiger partial charge in [0.1, 0.15) is 10.7 Å². The van der Waals surface area contributed by atoms with Crippen LogP contribution in [0, 0.1) is 13.8 Å². The lowest BCUT2D eigenvalue weighted by molar-refractivity contribution is 0.301. The summed E-state index contributed by atoms with van der Waals surface area (Å²) in [6.07, 6.45) is 0. The molecule has 0 aliphatic heterocycles. The van der Waals surface area contributed by atoms with Crippen molar-refractivity contribution in [3.63, 3.8) is 0 Å². The van der Waals surface area contributed by atoms with E-state index >= 15 is 0 Å². The Morgan fingerprint density at radius 2 is 2.00 bits per heavy atom. The zero-order valence-corrected chi connectivity index (χ0v) is 14.0. The molecule has 0 bridgehead atoms. The molecule has 0 aliphatic rings. The number of aliphatic hydroxyl groups excluding tert-OH is 1. The molecule has 0 amide bonds. The van der Waals surface area contributed by atoms with Gasteiger partial charge in [0.15, 0.2) is 0 Å². The lowest BCUT2D eigenvalue weighted by atomic mass is 10.2. The van der Waals surface area contributed by atoms with Crippen molar-refractivity contribution in [3.05, 3.63) is 57.0 Å². The second kappa shape index (κ2) is 6.52. The minimum Gasteiger partial charge on any atom is -0.395 e. The van der Waals surface area contributed by atoms with E-state index in [9.17, 15) is 9.90 Å². The highest BCUT2D eigenvalue weighted by molar-refractivity contribution is 7.18. The number of nitrogens with one attached hydrogen (secondary N) is 1. The number of aromatic nitrogens is 2. The number of H-pyrrole nitrogens is 1. The molecule has 0 atom stereocenters. The monoisotopic (exact) mass is 329 g/mol. The molecule has 5 nitrogen and oxygen atoms in total. The number of anilines is 1. The summed E-state index contributed by atoms with van der Waals surface area (Å²) in [6.45, 7) is 4.92. The van der Waals surface area contributed by atoms with Gasteiger partial charge in [0, 0.05) is 17.1 Å². The van der Waals surface area contributed by atoms with E-state index in [0.29, 0.717) is 24.3 Å². The quantitative estimate of drug-likeness (QED) is 0.755. The Hall–Kier alpha value is -2.18. The Labute approximate surface area is 138 Å². The fourth-order valence-electron chi connectivity index (χ4n) is 2.61. The molecule has 0 saturated heterocycles. The molecule has 2 heterocycles. The highest BCUT2D eigenvalue weighted by Crippen LogP contribution is 2.26. The first-order valence-corrected chi connectivity index (χ1v) is 8.31. The Balaban J connectivity index is 1.97. The van der Waals surface area contributed by atoms with Gasteiger partial charge in [-0.25, -0.2) is 4.98 Å². The van der Waals surface area contributed by atoms with E-state index in [2.05, 4.69) is 9.97 Å². The minimum atomic E-state index is -0.0936. The van der Waals surface area contributed by atoms with Crippen LogP contribution in [-0.4, -0.2) is 28.2 Å². The topological polar surface area (TPSA) is 69.2 Å². The predicted molar refractivity (Wildman–Crippen MR) is 94.3 cm³/mol. The standard InChI is InChI=1S/C17H19N3O2S/c1-11-12(2)23-17-15(11)16(22)18-14(19-17)10-20(8-9-21)13-6-4-3-5-7-13/h3-7,21H,8-10H2,1-2H3,(H,18,19,22). The molecule has 0 spiro atoms. The van der Waals surface area contributed by atoms with Crippen LogP contribution in [0.15, 0.2) is 35.1 Å². The molecule has 0 radical (unpaired) electrons. The zero-order valence-electron chi connectivity index (χ0n) is 13.2. The molecule has 6 heteroatoms. The van der Waals surface area contributed by atoms with Gasteiger partial charge in [0.25, 0.3) is 5.56 Å². The molecule has 0 saturated carbocycles. The van der Waals surface area contributed by atoms with Crippen LogP contribution in [0.5, 0.6) is 0 Å². The van der Waals surface area contributed by atoms with Gasteiger partial charge in [-0.1, -0.05) is 18.2 Å². The highest BCUT2D eigenvalue weighted by atomic mass is 32.1. The molecule has 0 unspecified atom stereocenters. The number of hydrogen-bond donors (Lipinski definition) is 2. The van der Waals surface area contributed by atoms with Crippen LogP contribution in [0.1, 0.15) is 16.3 Å². The van der Waals surface area contributed by atoms with Crippen LogP contribution in [0.4, 0.5) is 5.69 Å². The molecule has 2 aromatic heterocycles. The number of aromatic amines is 1. The van der Waals surface area contributed by atoms with Gasteiger partial charge in [0.05, 0.1) is 18.5 Å². The highest BCUT2D eigenvalue weighted by Gasteiger charge is 2.14. The average molecular weight is 329 g/mol. The van der Waals surface area contributed by atoms with Gasteiger partial charge in [-0.3, -0.25) is 4.79 Å². The van der Waals surface area contributed by atoms with Crippen molar-refractivity contribution in [1.82, 2.24) is 9.97 Å². The normalized spacial score (nSPS) is 11.1. The lowest BCUT2D eigenvalue weighted by Crippen LogP contribution is -2.28. The number of fused-ring (bicyclic) bond motifs is 1. The van der Waals surface area contributed by atoms with Crippen molar-refractivity contribution in [2.24, 2.45) is 0 Å². The Morgan fingerprint density at radius 3 is 2.70 bits per heavy atom. The van der Waals surface area contributed by atoms with Gasteiger partial charge in [0.2, 0.25) is 0 Å². The van der Waals surface area contributed by atoms with E-state index in [1.807, 2.05) is 49.1 Å². The van der Waals surface area contributed by atoms with E-state index in [1.165, 1.54) is 0 Å². The largest absolute Gasteiger partial charge is 0.395 e. The third-order valence-corrected chi connectivity index (χ3v) is 5.02. The SMILES string of the molecule is Cc1sc2nc(CN(CCO)c3ccccc3)[nH]c(=O)c2c1C. The number of para-hydroxylation sites is 1. The molecule has 120 valence electrons. The third-order valence-electron chi connectivity index (χ3n) is 3.92. The van der Waals surface area contributed by atoms with Gasteiger partial charge in [-0.15, -0.1) is 11.3 Å². The van der Waals surface area contributed by atoms with Crippen molar-refractivity contribution in [2.45, 2.75) is 20.4 Å². The van der Waals surface area contributed by atoms with Crippen LogP contribution >= 0.6 is 11.3 Å². The molecular weight excluding hydrogens is 310 g/mol. The first-order valence-electron chi connectivity index (χ1n) is 7.50. The van der Waals surface area contributed by atoms with Crippen molar-refractivity contribution in [1.29, 1.82) is 0 Å². The van der Waals surface area contributed by atoms with Crippen molar-refractivity contribution in [2.75, 3.05) is 18.1 Å². The van der Waals surface area contributed by atoms with Crippen LogP contribution in [0.3, 0.4) is 0 Å². The summed E-state index contributed by atoms with van der Waals surface area (Å²) in [4.78, 5) is 23.7. The molecule has 23 heavy (non-hydrogen) atoms. The summed E-state index contributed by atoms with van der Waals surface area (Å²) in [7, 11) is 0. The van der Waals surface area contributed by atoms with Gasteiger partial charge < -0.3 is 15.0 Å². The molecule has 3 aromatic rings. The Kier molecular flexibility index (Phi) is 4.45. The summed E-state index contributed by atoms with van der Waals surface area (Å²) in [6, 6.07) is 9.80. The van der Waals surface area contributed by atoms with E-state index in [4.69, 9.17) is 0 Å². The van der Waals surface area contributed by atoms with Gasteiger partial charge >= 0.3 is 0 Å². The van der Waals surface area contributed by atoms with Crippen molar-refractivity contribution < 1.29 is 5.11 Å². The summed E-state index contributed by atoms with van der Waals surface area (Å²) >= 11 is 1.54. The third kappa shape index (κ3) is 3.13. The van der Waals surface area contributed by atoms with E-state index in [-0.39, 0.29) is 12.2 Å². The van der Waals surface area contributed by atoms with Crippen LogP contribution in [0.25, 0.3) is 10.2 Å². The number of aliphatic hydroxyl groups is 1. The number of benzene rings is 1. The minimum absolute atomic E-state index is 0.0403. The summed E-state index contributed by atoms with van der Waals surface area (Å²) in [5.74, 6) is 0.612. The number of hydrogen-bond acceptors (Lipinski definition) is 5. The summed E-state index contributed by atoms with van der Waals surface area (Å²) < 4.78 is 0. The average Bonchev–Trinajstić information content (AvgIpc) is 2.83. The first-order chi connectivity index (χ1) is 11.1. The molecule has 0 aliphatic carbocycles. The Morgan fingerprint density at radius 1 is 1.26 bits per heavy atom. The second-order valence-electron chi connectivity index (χ2n) is 5.46. The second-order valence-corrected chi connectivity index (χ2v) is 6.66. The predicted octanol–water partition coefficient (Wildman–Crippen LogP) is 2.60. The van der Waals surface area contributed by atoms with E-state index in [1.54, 1.807) is 11.3 Å². The lowest BCUT2D eigenvalue weighted by Gasteiger charge is -2.23. The number of aryl methyl sites for hydroxylation is 2. The number of nitrogens with zero attached hydrogens (tertiary/aromatic N) is 2. The van der Waals surface area contributed by atoms with E-state index < -0.39 is 0 Å². The number of thiophene rings is 1. The number of rotatable bonds is 5. The molecule has 1 aromatic carbocycles. The maximum absolute atomic E-state index is 12.4. The fourth-order valence-corrected chi connectivity index (χ4v) is 3.66. The van der Waals surface area contributed by atoms with Crippen molar-refractivity contribution in [3.8, 4) is 0 Å². The molecule has 0 fully saturated rings. The van der Waals surface area contributed by atoms with Crippen molar-refractivity contribution >= 4 is 27.2 Å². The zero-order chi connectivity index (χ0) is 16.4. The first kappa shape index (κ1) is 15.7. The molecule has 3 rings (SSSR count). The molecular formula is C17H19N3O2S. The maximum Gasteiger partial charge on any atom is 0.259 e. The summed E-state index contributed by atoms with van der Waals surface area (Å²) in [5, 5.41) is 10.00.